The predicted octanol–water partition coefficient (Wildman–Crippen LogP) is 14.8. The number of furan rings is 1. The predicted molar refractivity (Wildman–Crippen MR) is 233 cm³/mol. The van der Waals surface area contributed by atoms with E-state index in [0.717, 1.165) is 81.4 Å². The molecule has 2 aliphatic rings. The van der Waals surface area contributed by atoms with Crippen LogP contribution in [0.3, 0.4) is 0 Å². The first-order chi connectivity index (χ1) is 27.3. The maximum atomic E-state index is 6.96. The quantitative estimate of drug-likeness (QED) is 0.161. The van der Waals surface area contributed by atoms with Gasteiger partial charge in [0.1, 0.15) is 11.2 Å². The van der Waals surface area contributed by atoms with Crippen LogP contribution in [0.5, 0.6) is 0 Å². The summed E-state index contributed by atoms with van der Waals surface area (Å²) in [5.74, 6) is 0. The van der Waals surface area contributed by atoms with Gasteiger partial charge in [-0.2, -0.15) is 0 Å². The number of fused-ring (bicyclic) bond motifs is 11. The van der Waals surface area contributed by atoms with E-state index in [0.29, 0.717) is 0 Å². The third-order valence-electron chi connectivity index (χ3n) is 11.4. The molecule has 9 aromatic rings. The van der Waals surface area contributed by atoms with Crippen LogP contribution in [0.15, 0.2) is 186 Å². The van der Waals surface area contributed by atoms with Crippen molar-refractivity contribution < 1.29 is 4.42 Å². The Kier molecular flexibility index (Phi) is 7.44. The summed E-state index contributed by atoms with van der Waals surface area (Å²) in [7, 11) is 0. The van der Waals surface area contributed by atoms with E-state index in [9.17, 15) is 0 Å². The van der Waals surface area contributed by atoms with Crippen molar-refractivity contribution in [2.45, 2.75) is 25.7 Å². The molecule has 1 aromatic heterocycles. The number of hydrogen-bond donors (Lipinski definition) is 0. The molecule has 0 atom stereocenters. The summed E-state index contributed by atoms with van der Waals surface area (Å²) in [4.78, 5) is 4.71. The molecule has 8 aromatic carbocycles. The van der Waals surface area contributed by atoms with E-state index >= 15 is 0 Å². The van der Waals surface area contributed by atoms with Gasteiger partial charge in [-0.15, -0.1) is 0 Å². The lowest BCUT2D eigenvalue weighted by atomic mass is 9.92. The highest BCUT2D eigenvalue weighted by Crippen LogP contribution is 2.45. The fraction of sp³-hybridized carbons (Fsp3) is 0.0769. The Hall–Kier alpha value is -6.84. The molecular weight excluding hydrogens is 669 g/mol. The van der Waals surface area contributed by atoms with Crippen LogP contribution in [-0.2, 0) is 6.42 Å². The Balaban J connectivity index is 1.10. The van der Waals surface area contributed by atoms with E-state index in [1.807, 2.05) is 0 Å². The van der Waals surface area contributed by atoms with Gasteiger partial charge in [-0.05, 0) is 137 Å². The number of hydrogen-bond acceptors (Lipinski definition) is 3. The van der Waals surface area contributed by atoms with E-state index in [1.165, 1.54) is 43.8 Å². The smallest absolute Gasteiger partial charge is 0.143 e. The summed E-state index contributed by atoms with van der Waals surface area (Å²) < 4.78 is 6.96. The summed E-state index contributed by atoms with van der Waals surface area (Å²) in [6.45, 7) is 0. The fourth-order valence-electron chi connectivity index (χ4n) is 8.90. The molecule has 11 rings (SSSR count). The summed E-state index contributed by atoms with van der Waals surface area (Å²) in [5, 5.41) is 9.58. The molecule has 0 saturated carbocycles. The van der Waals surface area contributed by atoms with Crippen molar-refractivity contribution in [1.29, 1.82) is 0 Å². The Bertz CT molecular complexity index is 3000. The van der Waals surface area contributed by atoms with Gasteiger partial charge in [0.25, 0.3) is 0 Å². The molecule has 2 aliphatic carbocycles. The third-order valence-corrected chi connectivity index (χ3v) is 11.4. The molecule has 0 bridgehead atoms. The molecule has 55 heavy (non-hydrogen) atoms. The lowest BCUT2D eigenvalue weighted by molar-refractivity contribution is 0.673. The second kappa shape index (κ2) is 12.9. The van der Waals surface area contributed by atoms with Crippen LogP contribution in [0.4, 0.5) is 28.4 Å². The minimum Gasteiger partial charge on any atom is -0.455 e. The summed E-state index contributed by atoms with van der Waals surface area (Å²) in [6, 6.07) is 55.0. The van der Waals surface area contributed by atoms with Crippen LogP contribution in [0.1, 0.15) is 30.4 Å². The number of allylic oxidation sites excluding steroid dienone is 4. The van der Waals surface area contributed by atoms with E-state index < -0.39 is 0 Å². The minimum atomic E-state index is 0.874. The van der Waals surface area contributed by atoms with Gasteiger partial charge >= 0.3 is 0 Å². The molecule has 0 saturated heterocycles. The van der Waals surface area contributed by atoms with Crippen LogP contribution >= 0.6 is 0 Å². The second-order valence-corrected chi connectivity index (χ2v) is 14.7. The average Bonchev–Trinajstić information content (AvgIpc) is 3.64. The van der Waals surface area contributed by atoms with Gasteiger partial charge < -0.3 is 14.2 Å². The highest BCUT2D eigenvalue weighted by Gasteiger charge is 2.22. The van der Waals surface area contributed by atoms with Gasteiger partial charge in [-0.25, -0.2) is 0 Å². The molecular formula is C52H38N2O. The second-order valence-electron chi connectivity index (χ2n) is 14.7. The minimum absolute atomic E-state index is 0.874. The Morgan fingerprint density at radius 3 is 1.87 bits per heavy atom. The zero-order valence-corrected chi connectivity index (χ0v) is 30.5. The Labute approximate surface area is 320 Å². The number of aryl methyl sites for hydroxylation is 1. The molecule has 0 fully saturated rings. The van der Waals surface area contributed by atoms with Crippen molar-refractivity contribution >= 4 is 88.8 Å². The van der Waals surface area contributed by atoms with Crippen molar-refractivity contribution in [3.63, 3.8) is 0 Å². The van der Waals surface area contributed by atoms with Gasteiger partial charge in [0.05, 0.1) is 0 Å². The molecule has 0 N–H and O–H groups in total. The van der Waals surface area contributed by atoms with Gasteiger partial charge in [-0.3, -0.25) is 0 Å². The molecule has 0 spiro atoms. The topological polar surface area (TPSA) is 19.6 Å². The van der Waals surface area contributed by atoms with Crippen molar-refractivity contribution in [2.24, 2.45) is 0 Å². The number of para-hydroxylation sites is 2. The first-order valence-electron chi connectivity index (χ1n) is 19.4. The number of rotatable bonds is 6. The number of anilines is 5. The van der Waals surface area contributed by atoms with Crippen LogP contribution in [0.2, 0.25) is 0 Å². The Morgan fingerprint density at radius 2 is 1.11 bits per heavy atom. The van der Waals surface area contributed by atoms with Crippen molar-refractivity contribution in [3.05, 3.63) is 193 Å². The van der Waals surface area contributed by atoms with Crippen LogP contribution in [0, 0.1) is 0 Å². The zero-order valence-electron chi connectivity index (χ0n) is 30.5. The van der Waals surface area contributed by atoms with Crippen LogP contribution < -0.4 is 9.80 Å². The van der Waals surface area contributed by atoms with E-state index in [4.69, 9.17) is 4.42 Å². The molecule has 0 radical (unpaired) electrons. The number of nitrogens with zero attached hydrogens (tertiary/aromatic N) is 2. The lowest BCUT2D eigenvalue weighted by Crippen LogP contribution is -2.16. The SMILES string of the molecule is C1=CC(N(c2ccc3c4c(ccc3c2)CCC=C4)c2ccc3c(c2)c2ccccc2c2c4ccc(N(c5ccccc5)c5ccccc5)cc4oc32)=CCC1. The zero-order chi connectivity index (χ0) is 36.3. The van der Waals surface area contributed by atoms with Crippen LogP contribution in [0.25, 0.3) is 60.3 Å². The molecule has 0 amide bonds. The normalized spacial score (nSPS) is 13.9. The standard InChI is InChI=1S/C52H38N2O/c1-4-15-37(16-5-1)53(38-17-6-2-7-18-38)42-28-31-48-50(34-42)55-52-47-30-27-41(33-49(47)45-22-12-13-23-46(45)51(48)52)54(39-19-8-3-9-20-39)40-26-29-44-36(32-40)25-24-35-14-10-11-21-43(35)44/h1-2,4-8,11-13,15-34H,3,9-10,14H2. The van der Waals surface area contributed by atoms with Gasteiger partial charge in [0.15, 0.2) is 0 Å². The third kappa shape index (κ3) is 5.26. The molecule has 262 valence electrons. The molecule has 3 heteroatoms. The van der Waals surface area contributed by atoms with Crippen molar-refractivity contribution in [3.8, 4) is 0 Å². The highest BCUT2D eigenvalue weighted by atomic mass is 16.3. The lowest BCUT2D eigenvalue weighted by Gasteiger charge is -2.28. The van der Waals surface area contributed by atoms with E-state index in [-0.39, 0.29) is 0 Å². The largest absolute Gasteiger partial charge is 0.455 e. The number of benzene rings is 8. The molecule has 1 heterocycles. The average molecular weight is 707 g/mol. The maximum absolute atomic E-state index is 6.96. The summed E-state index contributed by atoms with van der Waals surface area (Å²) in [6.07, 6.45) is 15.9. The van der Waals surface area contributed by atoms with Crippen molar-refractivity contribution in [1.82, 2.24) is 0 Å². The summed E-state index contributed by atoms with van der Waals surface area (Å²) in [5.41, 5.74) is 11.3. The fourth-order valence-corrected chi connectivity index (χ4v) is 8.90. The Morgan fingerprint density at radius 1 is 0.436 bits per heavy atom. The monoisotopic (exact) mass is 706 g/mol. The first-order valence-corrected chi connectivity index (χ1v) is 19.4. The van der Waals surface area contributed by atoms with Crippen molar-refractivity contribution in [2.75, 3.05) is 9.80 Å². The van der Waals surface area contributed by atoms with Gasteiger partial charge in [0.2, 0.25) is 0 Å². The van der Waals surface area contributed by atoms with Crippen LogP contribution in [-0.4, -0.2) is 0 Å². The molecule has 0 aliphatic heterocycles. The molecule has 0 unspecified atom stereocenters. The van der Waals surface area contributed by atoms with Gasteiger partial charge in [0, 0.05) is 56.4 Å². The first kappa shape index (κ1) is 31.7. The van der Waals surface area contributed by atoms with E-state index in [2.05, 4.69) is 192 Å². The molecule has 3 nitrogen and oxygen atoms in total. The maximum Gasteiger partial charge on any atom is 0.143 e. The highest BCUT2D eigenvalue weighted by molar-refractivity contribution is 6.30. The van der Waals surface area contributed by atoms with Gasteiger partial charge in [-0.1, -0.05) is 103 Å². The van der Waals surface area contributed by atoms with E-state index in [1.54, 1.807) is 0 Å². The summed E-state index contributed by atoms with van der Waals surface area (Å²) >= 11 is 0.